The third-order valence-electron chi connectivity index (χ3n) is 5.87. The Kier molecular flexibility index (Phi) is 8.31. The summed E-state index contributed by atoms with van der Waals surface area (Å²) in [6.07, 6.45) is 4.10. The predicted octanol–water partition coefficient (Wildman–Crippen LogP) is 4.33. The van der Waals surface area contributed by atoms with Crippen molar-refractivity contribution in [2.75, 3.05) is 27.7 Å². The molecule has 0 spiro atoms. The molecular formula is C23H33IN4O. The fourth-order valence-corrected chi connectivity index (χ4v) is 4.21. The van der Waals surface area contributed by atoms with Crippen molar-refractivity contribution < 1.29 is 4.79 Å². The lowest BCUT2D eigenvalue weighted by atomic mass is 9.84. The largest absolute Gasteiger partial charge is 0.355 e. The molecule has 2 aromatic carbocycles. The molecule has 1 atom stereocenters. The first-order chi connectivity index (χ1) is 13.4. The smallest absolute Gasteiger partial charge is 0.230 e. The summed E-state index contributed by atoms with van der Waals surface area (Å²) in [6.45, 7) is 2.75. The number of carbonyl (C=O) groups excluding carboxylic acids is 1. The number of guanidine groups is 1. The quantitative estimate of drug-likeness (QED) is 0.359. The number of benzene rings is 2. The molecule has 0 saturated heterocycles. The van der Waals surface area contributed by atoms with Crippen LogP contribution in [0.4, 0.5) is 0 Å². The van der Waals surface area contributed by atoms with Gasteiger partial charge >= 0.3 is 0 Å². The van der Waals surface area contributed by atoms with Crippen LogP contribution in [0, 0.1) is 5.41 Å². The molecule has 1 aliphatic rings. The fraction of sp³-hybridized carbons (Fsp3) is 0.478. The van der Waals surface area contributed by atoms with Crippen LogP contribution in [-0.2, 0) is 4.79 Å². The standard InChI is InChI=1S/C23H32N4O.HI/c1-17(19-12-11-18-9-5-6-10-20(18)15-19)26-22(24-2)25-16-23(13-7-8-14-23)21(28)27(3)4;/h5-6,9-12,15,17H,7-8,13-14,16H2,1-4H3,(H2,24,25,26);1H. The van der Waals surface area contributed by atoms with Crippen LogP contribution in [0.15, 0.2) is 47.5 Å². The Morgan fingerprint density at radius 1 is 1.14 bits per heavy atom. The van der Waals surface area contributed by atoms with Crippen molar-refractivity contribution in [1.82, 2.24) is 15.5 Å². The normalized spacial score (nSPS) is 16.8. The van der Waals surface area contributed by atoms with E-state index in [9.17, 15) is 4.79 Å². The lowest BCUT2D eigenvalue weighted by molar-refractivity contribution is -0.138. The van der Waals surface area contributed by atoms with Gasteiger partial charge in [-0.1, -0.05) is 49.2 Å². The molecule has 0 aromatic heterocycles. The number of halogens is 1. The number of rotatable bonds is 5. The molecule has 0 bridgehead atoms. The summed E-state index contributed by atoms with van der Waals surface area (Å²) in [5.74, 6) is 0.953. The van der Waals surface area contributed by atoms with Crippen molar-refractivity contribution >= 4 is 46.6 Å². The summed E-state index contributed by atoms with van der Waals surface area (Å²) in [5, 5.41) is 9.36. The van der Waals surface area contributed by atoms with Gasteiger partial charge in [-0.3, -0.25) is 9.79 Å². The minimum atomic E-state index is -0.312. The highest BCUT2D eigenvalue weighted by atomic mass is 127. The maximum atomic E-state index is 12.8. The minimum absolute atomic E-state index is 0. The number of hydrogen-bond donors (Lipinski definition) is 2. The van der Waals surface area contributed by atoms with Gasteiger partial charge in [-0.25, -0.2) is 0 Å². The van der Waals surface area contributed by atoms with E-state index < -0.39 is 0 Å². The molecule has 2 N–H and O–H groups in total. The Balaban J connectivity index is 0.00000300. The van der Waals surface area contributed by atoms with E-state index in [2.05, 4.69) is 65.0 Å². The molecule has 1 amide bonds. The summed E-state index contributed by atoms with van der Waals surface area (Å²) in [4.78, 5) is 18.9. The summed E-state index contributed by atoms with van der Waals surface area (Å²) >= 11 is 0. The van der Waals surface area contributed by atoms with E-state index >= 15 is 0 Å². The van der Waals surface area contributed by atoms with Crippen LogP contribution in [0.3, 0.4) is 0 Å². The second-order valence-corrected chi connectivity index (χ2v) is 8.09. The molecule has 5 nitrogen and oxygen atoms in total. The third kappa shape index (κ3) is 5.41. The van der Waals surface area contributed by atoms with Gasteiger partial charge < -0.3 is 15.5 Å². The van der Waals surface area contributed by atoms with Crippen molar-refractivity contribution in [3.63, 3.8) is 0 Å². The summed E-state index contributed by atoms with van der Waals surface area (Å²) in [7, 11) is 5.46. The zero-order valence-electron chi connectivity index (χ0n) is 17.9. The summed E-state index contributed by atoms with van der Waals surface area (Å²) in [6, 6.07) is 15.0. The van der Waals surface area contributed by atoms with Gasteiger partial charge in [0, 0.05) is 27.7 Å². The van der Waals surface area contributed by atoms with Gasteiger partial charge in [0.15, 0.2) is 5.96 Å². The van der Waals surface area contributed by atoms with Crippen LogP contribution in [0.25, 0.3) is 10.8 Å². The first kappa shape index (κ1) is 23.4. The molecule has 0 heterocycles. The lowest BCUT2D eigenvalue weighted by Gasteiger charge is -2.31. The zero-order chi connectivity index (χ0) is 20.1. The lowest BCUT2D eigenvalue weighted by Crippen LogP contribution is -2.49. The topological polar surface area (TPSA) is 56.7 Å². The summed E-state index contributed by atoms with van der Waals surface area (Å²) in [5.41, 5.74) is 0.898. The van der Waals surface area contributed by atoms with Gasteiger partial charge in [0.05, 0.1) is 11.5 Å². The van der Waals surface area contributed by atoms with Crippen molar-refractivity contribution in [3.8, 4) is 0 Å². The molecule has 158 valence electrons. The second-order valence-electron chi connectivity index (χ2n) is 8.09. The molecule has 29 heavy (non-hydrogen) atoms. The molecule has 6 heteroatoms. The van der Waals surface area contributed by atoms with Crippen molar-refractivity contribution in [1.29, 1.82) is 0 Å². The summed E-state index contributed by atoms with van der Waals surface area (Å²) < 4.78 is 0. The number of hydrogen-bond acceptors (Lipinski definition) is 2. The van der Waals surface area contributed by atoms with Crippen LogP contribution in [0.2, 0.25) is 0 Å². The average molecular weight is 508 g/mol. The first-order valence-corrected chi connectivity index (χ1v) is 10.1. The molecular weight excluding hydrogens is 475 g/mol. The van der Waals surface area contributed by atoms with Gasteiger partial charge in [0.2, 0.25) is 5.91 Å². The Morgan fingerprint density at radius 2 is 1.79 bits per heavy atom. The first-order valence-electron chi connectivity index (χ1n) is 10.1. The molecule has 1 aliphatic carbocycles. The maximum Gasteiger partial charge on any atom is 0.230 e. The van der Waals surface area contributed by atoms with E-state index in [1.54, 1.807) is 11.9 Å². The number of nitrogens with one attached hydrogen (secondary N) is 2. The highest BCUT2D eigenvalue weighted by Crippen LogP contribution is 2.38. The van der Waals surface area contributed by atoms with E-state index in [-0.39, 0.29) is 41.3 Å². The molecule has 2 aromatic rings. The molecule has 1 saturated carbocycles. The Hall–Kier alpha value is -1.83. The molecule has 0 radical (unpaired) electrons. The highest BCUT2D eigenvalue weighted by molar-refractivity contribution is 14.0. The van der Waals surface area contributed by atoms with Crippen molar-refractivity contribution in [3.05, 3.63) is 48.0 Å². The van der Waals surface area contributed by atoms with Gasteiger partial charge in [0.1, 0.15) is 0 Å². The number of amides is 1. The number of fused-ring (bicyclic) bond motifs is 1. The molecule has 1 unspecified atom stereocenters. The monoisotopic (exact) mass is 508 g/mol. The van der Waals surface area contributed by atoms with Gasteiger partial charge in [-0.05, 0) is 42.2 Å². The zero-order valence-corrected chi connectivity index (χ0v) is 20.2. The molecule has 1 fully saturated rings. The predicted molar refractivity (Wildman–Crippen MR) is 132 cm³/mol. The number of carbonyl (C=O) groups is 1. The Bertz CT molecular complexity index is 859. The fourth-order valence-electron chi connectivity index (χ4n) is 4.21. The van der Waals surface area contributed by atoms with E-state index in [1.807, 2.05) is 14.1 Å². The van der Waals surface area contributed by atoms with Gasteiger partial charge in [-0.2, -0.15) is 0 Å². The van der Waals surface area contributed by atoms with E-state index in [4.69, 9.17) is 0 Å². The Morgan fingerprint density at radius 3 is 2.41 bits per heavy atom. The van der Waals surface area contributed by atoms with Crippen LogP contribution < -0.4 is 10.6 Å². The van der Waals surface area contributed by atoms with Gasteiger partial charge in [0.25, 0.3) is 0 Å². The van der Waals surface area contributed by atoms with Gasteiger partial charge in [-0.15, -0.1) is 24.0 Å². The van der Waals surface area contributed by atoms with Crippen molar-refractivity contribution in [2.24, 2.45) is 10.4 Å². The maximum absolute atomic E-state index is 12.8. The highest BCUT2D eigenvalue weighted by Gasteiger charge is 2.42. The molecule has 0 aliphatic heterocycles. The van der Waals surface area contributed by atoms with Crippen LogP contribution in [0.1, 0.15) is 44.2 Å². The second kappa shape index (κ2) is 10.3. The van der Waals surface area contributed by atoms with Crippen LogP contribution in [-0.4, -0.2) is 44.5 Å². The van der Waals surface area contributed by atoms with E-state index in [0.29, 0.717) is 6.54 Å². The van der Waals surface area contributed by atoms with E-state index in [0.717, 1.165) is 31.6 Å². The minimum Gasteiger partial charge on any atom is -0.355 e. The SMILES string of the molecule is CN=C(NCC1(C(=O)N(C)C)CCCC1)NC(C)c1ccc2ccccc2c1.I. The van der Waals surface area contributed by atoms with Crippen LogP contribution >= 0.6 is 24.0 Å². The third-order valence-corrected chi connectivity index (χ3v) is 5.87. The van der Waals surface area contributed by atoms with Crippen molar-refractivity contribution in [2.45, 2.75) is 38.6 Å². The molecule has 3 rings (SSSR count). The Labute approximate surface area is 191 Å². The van der Waals surface area contributed by atoms with Crippen LogP contribution in [0.5, 0.6) is 0 Å². The number of nitrogens with zero attached hydrogens (tertiary/aromatic N) is 2. The van der Waals surface area contributed by atoms with E-state index in [1.165, 1.54) is 16.3 Å². The average Bonchev–Trinajstić information content (AvgIpc) is 3.19. The number of aliphatic imine (C=N–C) groups is 1.